The monoisotopic (exact) mass is 285 g/mol. The normalized spacial score (nSPS) is 21.9. The Bertz CT molecular complexity index is 616. The van der Waals surface area contributed by atoms with E-state index in [-0.39, 0.29) is 5.91 Å². The van der Waals surface area contributed by atoms with Crippen LogP contribution in [-0.4, -0.2) is 27.9 Å². The zero-order valence-corrected chi connectivity index (χ0v) is 12.1. The zero-order chi connectivity index (χ0) is 15.0. The van der Waals surface area contributed by atoms with E-state index in [2.05, 4.69) is 0 Å². The van der Waals surface area contributed by atoms with Gasteiger partial charge >= 0.3 is 5.97 Å². The number of nitrogens with zero attached hydrogens (tertiary/aromatic N) is 1. The van der Waals surface area contributed by atoms with Crippen LogP contribution in [0.1, 0.15) is 30.9 Å². The molecule has 4 heteroatoms. The summed E-state index contributed by atoms with van der Waals surface area (Å²) in [6.07, 6.45) is 4.29. The minimum atomic E-state index is -0.935. The molecule has 110 valence electrons. The summed E-state index contributed by atoms with van der Waals surface area (Å²) >= 11 is 0. The average molecular weight is 285 g/mol. The lowest BCUT2D eigenvalue weighted by Crippen LogP contribution is -2.48. The number of fused-ring (bicyclic) bond motifs is 1. The third-order valence-electron chi connectivity index (χ3n) is 4.39. The highest BCUT2D eigenvalue weighted by Gasteiger charge is 2.34. The fourth-order valence-electron chi connectivity index (χ4n) is 2.91. The quantitative estimate of drug-likeness (QED) is 0.867. The van der Waals surface area contributed by atoms with Crippen molar-refractivity contribution in [1.29, 1.82) is 0 Å². The van der Waals surface area contributed by atoms with Crippen LogP contribution in [0.5, 0.6) is 0 Å². The number of amides is 1. The van der Waals surface area contributed by atoms with Crippen LogP contribution < -0.4 is 0 Å². The molecule has 1 aromatic carbocycles. The second kappa shape index (κ2) is 5.35. The van der Waals surface area contributed by atoms with E-state index in [4.69, 9.17) is 0 Å². The van der Waals surface area contributed by atoms with Crippen LogP contribution in [0.15, 0.2) is 35.9 Å². The van der Waals surface area contributed by atoms with E-state index in [1.54, 1.807) is 6.08 Å². The van der Waals surface area contributed by atoms with Gasteiger partial charge in [0.1, 0.15) is 6.04 Å². The molecule has 21 heavy (non-hydrogen) atoms. The Hall–Kier alpha value is -2.10. The maximum absolute atomic E-state index is 12.5. The van der Waals surface area contributed by atoms with Crippen LogP contribution >= 0.6 is 0 Å². The third-order valence-corrected chi connectivity index (χ3v) is 4.39. The highest BCUT2D eigenvalue weighted by Crippen LogP contribution is 2.36. The number of hydrogen-bond acceptors (Lipinski definition) is 2. The minimum Gasteiger partial charge on any atom is -0.480 e. The Kier molecular flexibility index (Phi) is 3.53. The van der Waals surface area contributed by atoms with Crippen molar-refractivity contribution in [3.63, 3.8) is 0 Å². The van der Waals surface area contributed by atoms with Crippen molar-refractivity contribution >= 4 is 11.9 Å². The molecule has 1 aliphatic heterocycles. The zero-order valence-electron chi connectivity index (χ0n) is 12.1. The van der Waals surface area contributed by atoms with Gasteiger partial charge in [-0.05, 0) is 36.8 Å². The smallest absolute Gasteiger partial charge is 0.326 e. The summed E-state index contributed by atoms with van der Waals surface area (Å²) in [5.41, 5.74) is 3.14. The molecule has 1 fully saturated rings. The van der Waals surface area contributed by atoms with Crippen LogP contribution in [-0.2, 0) is 22.6 Å². The summed E-state index contributed by atoms with van der Waals surface area (Å²) in [6.45, 7) is 2.34. The van der Waals surface area contributed by atoms with Gasteiger partial charge < -0.3 is 10.0 Å². The lowest BCUT2D eigenvalue weighted by molar-refractivity contribution is -0.149. The van der Waals surface area contributed by atoms with Gasteiger partial charge in [0.2, 0.25) is 5.91 Å². The highest BCUT2D eigenvalue weighted by molar-refractivity contribution is 5.92. The molecule has 1 aromatic rings. The van der Waals surface area contributed by atoms with Crippen molar-refractivity contribution in [3.05, 3.63) is 47.0 Å². The number of carboxylic acids is 1. The van der Waals surface area contributed by atoms with Gasteiger partial charge in [-0.25, -0.2) is 4.79 Å². The summed E-state index contributed by atoms with van der Waals surface area (Å²) in [5.74, 6) is -0.592. The molecule has 1 unspecified atom stereocenters. The molecule has 0 spiro atoms. The fraction of sp³-hybridized carbons (Fsp3) is 0.412. The third kappa shape index (κ3) is 2.84. The lowest BCUT2D eigenvalue weighted by Gasteiger charge is -2.34. The van der Waals surface area contributed by atoms with Crippen LogP contribution in [0.2, 0.25) is 0 Å². The SMILES string of the molecule is C/C(=C\C(=O)N1Cc2ccccc2CC1C(=O)O)C1CC1. The molecule has 0 bridgehead atoms. The number of carboxylic acid groups (broad SMARTS) is 1. The molecule has 1 amide bonds. The van der Waals surface area contributed by atoms with Gasteiger partial charge in [0.15, 0.2) is 0 Å². The first kappa shape index (κ1) is 13.9. The second-order valence-corrected chi connectivity index (χ2v) is 5.96. The van der Waals surface area contributed by atoms with Crippen molar-refractivity contribution in [2.75, 3.05) is 0 Å². The van der Waals surface area contributed by atoms with E-state index in [0.29, 0.717) is 18.9 Å². The van der Waals surface area contributed by atoms with E-state index < -0.39 is 12.0 Å². The molecule has 0 saturated heterocycles. The van der Waals surface area contributed by atoms with Gasteiger partial charge in [-0.2, -0.15) is 0 Å². The number of hydrogen-bond donors (Lipinski definition) is 1. The molecule has 1 atom stereocenters. The number of allylic oxidation sites excluding steroid dienone is 1. The summed E-state index contributed by atoms with van der Waals surface area (Å²) in [5, 5.41) is 9.42. The predicted octanol–water partition coefficient (Wildman–Crippen LogP) is 2.38. The molecule has 1 aliphatic carbocycles. The number of carbonyl (C=O) groups is 2. The van der Waals surface area contributed by atoms with Gasteiger partial charge in [-0.15, -0.1) is 0 Å². The Morgan fingerprint density at radius 2 is 1.90 bits per heavy atom. The molecular weight excluding hydrogens is 266 g/mol. The summed E-state index contributed by atoms with van der Waals surface area (Å²) < 4.78 is 0. The standard InChI is InChI=1S/C17H19NO3/c1-11(12-6-7-12)8-16(19)18-10-14-5-3-2-4-13(14)9-15(18)17(20)21/h2-5,8,12,15H,6-7,9-10H2,1H3,(H,20,21)/b11-8+. The van der Waals surface area contributed by atoms with Gasteiger partial charge in [-0.1, -0.05) is 29.8 Å². The molecule has 0 radical (unpaired) electrons. The molecule has 0 aromatic heterocycles. The number of rotatable bonds is 3. The topological polar surface area (TPSA) is 57.6 Å². The van der Waals surface area contributed by atoms with Crippen molar-refractivity contribution < 1.29 is 14.7 Å². The van der Waals surface area contributed by atoms with Gasteiger partial charge in [0.05, 0.1) is 0 Å². The van der Waals surface area contributed by atoms with E-state index in [1.807, 2.05) is 31.2 Å². The van der Waals surface area contributed by atoms with Crippen molar-refractivity contribution in [3.8, 4) is 0 Å². The molecule has 1 heterocycles. The fourth-order valence-corrected chi connectivity index (χ4v) is 2.91. The van der Waals surface area contributed by atoms with Crippen LogP contribution in [0.4, 0.5) is 0 Å². The van der Waals surface area contributed by atoms with Crippen LogP contribution in [0, 0.1) is 5.92 Å². The van der Waals surface area contributed by atoms with Crippen molar-refractivity contribution in [2.24, 2.45) is 5.92 Å². The number of carbonyl (C=O) groups excluding carboxylic acids is 1. The first-order valence-corrected chi connectivity index (χ1v) is 7.34. The van der Waals surface area contributed by atoms with E-state index in [9.17, 15) is 14.7 Å². The Morgan fingerprint density at radius 1 is 1.24 bits per heavy atom. The number of benzene rings is 1. The minimum absolute atomic E-state index is 0.179. The maximum atomic E-state index is 12.5. The summed E-state index contributed by atoms with van der Waals surface area (Å²) in [7, 11) is 0. The van der Waals surface area contributed by atoms with Gasteiger partial charge in [0.25, 0.3) is 0 Å². The Balaban J connectivity index is 1.86. The molecule has 1 N–H and O–H groups in total. The van der Waals surface area contributed by atoms with E-state index >= 15 is 0 Å². The van der Waals surface area contributed by atoms with Crippen molar-refractivity contribution in [2.45, 2.75) is 38.8 Å². The largest absolute Gasteiger partial charge is 0.480 e. The first-order chi connectivity index (χ1) is 10.1. The Labute approximate surface area is 124 Å². The summed E-state index contributed by atoms with van der Waals surface area (Å²) in [6, 6.07) is 6.97. The molecule has 1 saturated carbocycles. The first-order valence-electron chi connectivity index (χ1n) is 7.34. The lowest BCUT2D eigenvalue weighted by atomic mass is 9.93. The van der Waals surface area contributed by atoms with Gasteiger partial charge in [-0.3, -0.25) is 4.79 Å². The molecule has 2 aliphatic rings. The number of aliphatic carboxylic acids is 1. The van der Waals surface area contributed by atoms with Crippen molar-refractivity contribution in [1.82, 2.24) is 4.90 Å². The molecular formula is C17H19NO3. The summed E-state index contributed by atoms with van der Waals surface area (Å²) in [4.78, 5) is 25.4. The van der Waals surface area contributed by atoms with E-state index in [0.717, 1.165) is 29.5 Å². The van der Waals surface area contributed by atoms with E-state index in [1.165, 1.54) is 4.90 Å². The van der Waals surface area contributed by atoms with Crippen LogP contribution in [0.3, 0.4) is 0 Å². The molecule has 3 rings (SSSR count). The predicted molar refractivity (Wildman–Crippen MR) is 78.6 cm³/mol. The van der Waals surface area contributed by atoms with Gasteiger partial charge in [0, 0.05) is 19.0 Å². The average Bonchev–Trinajstić information content (AvgIpc) is 3.30. The second-order valence-electron chi connectivity index (χ2n) is 5.96. The van der Waals surface area contributed by atoms with Crippen LogP contribution in [0.25, 0.3) is 0 Å². The highest BCUT2D eigenvalue weighted by atomic mass is 16.4. The maximum Gasteiger partial charge on any atom is 0.326 e. The Morgan fingerprint density at radius 3 is 2.52 bits per heavy atom. The molecule has 4 nitrogen and oxygen atoms in total.